The van der Waals surface area contributed by atoms with E-state index in [2.05, 4.69) is 0 Å². The van der Waals surface area contributed by atoms with Crippen LogP contribution in [-0.4, -0.2) is 48.4 Å². The van der Waals surface area contributed by atoms with Crippen LogP contribution in [0.1, 0.15) is 41.6 Å². The highest BCUT2D eigenvalue weighted by Gasteiger charge is 2.40. The lowest BCUT2D eigenvalue weighted by atomic mass is 9.85. The molecular formula is C19H26N2O3. The second-order valence-corrected chi connectivity index (χ2v) is 7.07. The van der Waals surface area contributed by atoms with Gasteiger partial charge in [-0.3, -0.25) is 9.59 Å². The van der Waals surface area contributed by atoms with E-state index in [0.717, 1.165) is 11.1 Å². The van der Waals surface area contributed by atoms with Gasteiger partial charge in [0.15, 0.2) is 5.78 Å². The number of piperidine rings is 1. The minimum atomic E-state index is -0.786. The van der Waals surface area contributed by atoms with Crippen molar-refractivity contribution in [3.05, 3.63) is 35.4 Å². The topological polar surface area (TPSA) is 72.6 Å². The van der Waals surface area contributed by atoms with Gasteiger partial charge in [-0.15, -0.1) is 0 Å². The molecule has 1 aromatic rings. The Morgan fingerprint density at radius 1 is 1.12 bits per heavy atom. The highest BCUT2D eigenvalue weighted by atomic mass is 16.5. The first-order chi connectivity index (χ1) is 11.5. The van der Waals surface area contributed by atoms with Crippen molar-refractivity contribution in [2.24, 2.45) is 11.7 Å². The maximum Gasteiger partial charge on any atom is 0.242 e. The standard InChI is InChI=1S/C19H26N2O3/c1-14-2-4-15(5-3-14)17(22)16-6-10-21(11-7-16)18(23)19(20)8-12-24-13-9-19/h2-5,16H,6-13,20H2,1H3. The van der Waals surface area contributed by atoms with Crippen LogP contribution in [0.4, 0.5) is 0 Å². The van der Waals surface area contributed by atoms with Crippen molar-refractivity contribution in [2.75, 3.05) is 26.3 Å². The Balaban J connectivity index is 1.58. The van der Waals surface area contributed by atoms with Gasteiger partial charge >= 0.3 is 0 Å². The Labute approximate surface area is 143 Å². The van der Waals surface area contributed by atoms with E-state index in [4.69, 9.17) is 10.5 Å². The maximum atomic E-state index is 12.7. The Bertz CT molecular complexity index is 598. The van der Waals surface area contributed by atoms with Crippen molar-refractivity contribution in [1.29, 1.82) is 0 Å². The molecule has 0 unspecified atom stereocenters. The number of rotatable bonds is 3. The summed E-state index contributed by atoms with van der Waals surface area (Å²) in [5.74, 6) is 0.211. The van der Waals surface area contributed by atoms with Crippen LogP contribution < -0.4 is 5.73 Å². The van der Waals surface area contributed by atoms with E-state index < -0.39 is 5.54 Å². The maximum absolute atomic E-state index is 12.7. The van der Waals surface area contributed by atoms with Gasteiger partial charge < -0.3 is 15.4 Å². The molecule has 0 aliphatic carbocycles. The number of hydrogen-bond acceptors (Lipinski definition) is 4. The second-order valence-electron chi connectivity index (χ2n) is 7.07. The predicted octanol–water partition coefficient (Wildman–Crippen LogP) is 1.92. The number of nitrogens with zero attached hydrogens (tertiary/aromatic N) is 1. The van der Waals surface area contributed by atoms with E-state index in [9.17, 15) is 9.59 Å². The molecule has 0 bridgehead atoms. The molecule has 130 valence electrons. The summed E-state index contributed by atoms with van der Waals surface area (Å²) < 4.78 is 5.31. The van der Waals surface area contributed by atoms with Crippen molar-refractivity contribution < 1.29 is 14.3 Å². The zero-order valence-electron chi connectivity index (χ0n) is 14.3. The molecule has 0 atom stereocenters. The quantitative estimate of drug-likeness (QED) is 0.860. The van der Waals surface area contributed by atoms with Crippen LogP contribution in [0, 0.1) is 12.8 Å². The van der Waals surface area contributed by atoms with Crippen molar-refractivity contribution in [3.63, 3.8) is 0 Å². The fourth-order valence-corrected chi connectivity index (χ4v) is 3.56. The van der Waals surface area contributed by atoms with Gasteiger partial charge in [0, 0.05) is 37.8 Å². The molecule has 2 fully saturated rings. The smallest absolute Gasteiger partial charge is 0.242 e. The summed E-state index contributed by atoms with van der Waals surface area (Å²) in [5, 5.41) is 0. The number of ether oxygens (including phenoxy) is 1. The fraction of sp³-hybridized carbons (Fsp3) is 0.579. The van der Waals surface area contributed by atoms with Gasteiger partial charge in [0.2, 0.25) is 5.91 Å². The molecule has 1 aromatic carbocycles. The van der Waals surface area contributed by atoms with Crippen molar-refractivity contribution in [2.45, 2.75) is 38.1 Å². The van der Waals surface area contributed by atoms with Crippen molar-refractivity contribution in [1.82, 2.24) is 4.90 Å². The van der Waals surface area contributed by atoms with Crippen molar-refractivity contribution in [3.8, 4) is 0 Å². The van der Waals surface area contributed by atoms with Crippen LogP contribution in [0.5, 0.6) is 0 Å². The first-order valence-electron chi connectivity index (χ1n) is 8.76. The largest absolute Gasteiger partial charge is 0.381 e. The zero-order chi connectivity index (χ0) is 17.2. The highest BCUT2D eigenvalue weighted by molar-refractivity contribution is 5.98. The number of benzene rings is 1. The normalized spacial score (nSPS) is 21.5. The number of likely N-dealkylation sites (tertiary alicyclic amines) is 1. The molecular weight excluding hydrogens is 304 g/mol. The monoisotopic (exact) mass is 330 g/mol. The van der Waals surface area contributed by atoms with E-state index in [1.165, 1.54) is 0 Å². The average molecular weight is 330 g/mol. The highest BCUT2D eigenvalue weighted by Crippen LogP contribution is 2.26. The van der Waals surface area contributed by atoms with E-state index in [1.54, 1.807) is 0 Å². The molecule has 1 amide bonds. The van der Waals surface area contributed by atoms with Gasteiger partial charge in [-0.1, -0.05) is 29.8 Å². The van der Waals surface area contributed by atoms with Crippen LogP contribution in [0.25, 0.3) is 0 Å². The van der Waals surface area contributed by atoms with Crippen LogP contribution >= 0.6 is 0 Å². The van der Waals surface area contributed by atoms with Gasteiger partial charge in [0.1, 0.15) is 0 Å². The molecule has 0 spiro atoms. The van der Waals surface area contributed by atoms with Gasteiger partial charge in [-0.05, 0) is 32.6 Å². The SMILES string of the molecule is Cc1ccc(C(=O)C2CCN(C(=O)C3(N)CCOCC3)CC2)cc1. The molecule has 0 saturated carbocycles. The van der Waals surface area contributed by atoms with Gasteiger partial charge in [-0.25, -0.2) is 0 Å². The second kappa shape index (κ2) is 7.03. The molecule has 0 aromatic heterocycles. The third-order valence-electron chi connectivity index (χ3n) is 5.30. The van der Waals surface area contributed by atoms with Gasteiger partial charge in [0.25, 0.3) is 0 Å². The first kappa shape index (κ1) is 17.1. The molecule has 5 nitrogen and oxygen atoms in total. The molecule has 5 heteroatoms. The lowest BCUT2D eigenvalue weighted by Crippen LogP contribution is -2.59. The van der Waals surface area contributed by atoms with Crippen molar-refractivity contribution >= 4 is 11.7 Å². The minimum Gasteiger partial charge on any atom is -0.381 e. The predicted molar refractivity (Wildman–Crippen MR) is 91.8 cm³/mol. The molecule has 0 radical (unpaired) electrons. The summed E-state index contributed by atoms with van der Waals surface area (Å²) in [6.07, 6.45) is 2.58. The van der Waals surface area contributed by atoms with Crippen LogP contribution in [0.15, 0.2) is 24.3 Å². The van der Waals surface area contributed by atoms with E-state index in [-0.39, 0.29) is 17.6 Å². The minimum absolute atomic E-state index is 0.000157. The molecule has 2 heterocycles. The Kier molecular flexibility index (Phi) is 5.01. The van der Waals surface area contributed by atoms with Gasteiger partial charge in [-0.2, -0.15) is 0 Å². The number of amides is 1. The molecule has 3 rings (SSSR count). The number of carbonyl (C=O) groups excluding carboxylic acids is 2. The number of aryl methyl sites for hydroxylation is 1. The Hall–Kier alpha value is -1.72. The van der Waals surface area contributed by atoms with Crippen LogP contribution in [-0.2, 0) is 9.53 Å². The molecule has 2 N–H and O–H groups in total. The van der Waals surface area contributed by atoms with Crippen LogP contribution in [0.2, 0.25) is 0 Å². The first-order valence-corrected chi connectivity index (χ1v) is 8.76. The summed E-state index contributed by atoms with van der Waals surface area (Å²) >= 11 is 0. The summed E-state index contributed by atoms with van der Waals surface area (Å²) in [7, 11) is 0. The molecule has 2 saturated heterocycles. The fourth-order valence-electron chi connectivity index (χ4n) is 3.56. The molecule has 24 heavy (non-hydrogen) atoms. The summed E-state index contributed by atoms with van der Waals surface area (Å²) in [4.78, 5) is 27.2. The number of hydrogen-bond donors (Lipinski definition) is 1. The number of carbonyl (C=O) groups is 2. The number of nitrogens with two attached hydrogens (primary N) is 1. The van der Waals surface area contributed by atoms with Crippen LogP contribution in [0.3, 0.4) is 0 Å². The number of Topliss-reactive ketones (excluding diaryl/α,β-unsaturated/α-hetero) is 1. The third kappa shape index (κ3) is 3.52. The lowest BCUT2D eigenvalue weighted by molar-refractivity contribution is -0.141. The lowest BCUT2D eigenvalue weighted by Gasteiger charge is -2.39. The Morgan fingerprint density at radius 3 is 2.29 bits per heavy atom. The summed E-state index contributed by atoms with van der Waals surface area (Å²) in [6, 6.07) is 7.72. The summed E-state index contributed by atoms with van der Waals surface area (Å²) in [5.41, 5.74) is 7.43. The number of ketones is 1. The van der Waals surface area contributed by atoms with E-state index in [0.29, 0.717) is 52.0 Å². The average Bonchev–Trinajstić information content (AvgIpc) is 2.62. The molecule has 2 aliphatic heterocycles. The Morgan fingerprint density at radius 2 is 1.71 bits per heavy atom. The third-order valence-corrected chi connectivity index (χ3v) is 5.30. The summed E-state index contributed by atoms with van der Waals surface area (Å²) in [6.45, 7) is 4.33. The van der Waals surface area contributed by atoms with E-state index in [1.807, 2.05) is 36.1 Å². The van der Waals surface area contributed by atoms with E-state index >= 15 is 0 Å². The molecule has 2 aliphatic rings. The zero-order valence-corrected chi connectivity index (χ0v) is 14.3. The van der Waals surface area contributed by atoms with Gasteiger partial charge in [0.05, 0.1) is 5.54 Å².